The summed E-state index contributed by atoms with van der Waals surface area (Å²) in [6, 6.07) is 27.2. The van der Waals surface area contributed by atoms with Gasteiger partial charge in [0.2, 0.25) is 5.91 Å². The molecule has 9 nitrogen and oxygen atoms in total. The maximum Gasteiger partial charge on any atom is 0.328 e. The van der Waals surface area contributed by atoms with E-state index >= 15 is 0 Å². The maximum atomic E-state index is 13.3. The number of hydrogen-bond acceptors (Lipinski definition) is 5. The zero-order valence-corrected chi connectivity index (χ0v) is 23.0. The van der Waals surface area contributed by atoms with Crippen LogP contribution in [0.3, 0.4) is 0 Å². The standard InChI is InChI=1S/C32H28ClN3O6/c33-26-17-23(29(38)34-18-20-8-7-13-24(37)16-20)14-15-25(26)30(39)36-27(32(41)42)19-35-31(40)28(21-9-3-1-4-10-21)22-11-5-2-6-12-22/h1-17,27-28,37H,18-19H2,(H,34,38)(H,35,40)(H,36,39)(H,41,42)/t27-/m0/s1. The Morgan fingerprint density at radius 3 is 1.95 bits per heavy atom. The molecule has 0 spiro atoms. The van der Waals surface area contributed by atoms with Crippen LogP contribution in [-0.2, 0) is 16.1 Å². The van der Waals surface area contributed by atoms with Crippen LogP contribution in [0.5, 0.6) is 5.75 Å². The van der Waals surface area contributed by atoms with E-state index in [1.807, 2.05) is 60.7 Å². The summed E-state index contributed by atoms with van der Waals surface area (Å²) in [5, 5.41) is 27.0. The number of aliphatic carboxylic acids is 1. The number of nitrogens with one attached hydrogen (secondary N) is 3. The molecule has 214 valence electrons. The summed E-state index contributed by atoms with van der Waals surface area (Å²) in [4.78, 5) is 50.7. The fourth-order valence-corrected chi connectivity index (χ4v) is 4.58. The second kappa shape index (κ2) is 14.0. The molecule has 0 unspecified atom stereocenters. The molecule has 0 radical (unpaired) electrons. The first kappa shape index (κ1) is 29.8. The van der Waals surface area contributed by atoms with Crippen LogP contribution in [0.4, 0.5) is 0 Å². The molecule has 1 atom stereocenters. The van der Waals surface area contributed by atoms with Gasteiger partial charge in [0.05, 0.1) is 16.5 Å². The third kappa shape index (κ3) is 7.74. The van der Waals surface area contributed by atoms with E-state index in [2.05, 4.69) is 16.0 Å². The van der Waals surface area contributed by atoms with Gasteiger partial charge < -0.3 is 26.2 Å². The molecule has 0 saturated carbocycles. The summed E-state index contributed by atoms with van der Waals surface area (Å²) in [6.07, 6.45) is 0. The lowest BCUT2D eigenvalue weighted by Gasteiger charge is -2.20. The number of phenols is 1. The average Bonchev–Trinajstić information content (AvgIpc) is 2.99. The Hall–Kier alpha value is -5.15. The predicted octanol–water partition coefficient (Wildman–Crippen LogP) is 4.11. The number of phenolic OH excluding ortho intramolecular Hbond substituents is 1. The van der Waals surface area contributed by atoms with E-state index in [1.54, 1.807) is 12.1 Å². The van der Waals surface area contributed by atoms with Crippen LogP contribution in [0.2, 0.25) is 5.02 Å². The minimum atomic E-state index is -1.45. The third-order valence-corrected chi connectivity index (χ3v) is 6.76. The molecule has 0 aliphatic heterocycles. The first-order chi connectivity index (χ1) is 20.2. The number of amides is 3. The zero-order valence-electron chi connectivity index (χ0n) is 22.3. The van der Waals surface area contributed by atoms with E-state index < -0.39 is 35.7 Å². The lowest BCUT2D eigenvalue weighted by molar-refractivity contribution is -0.139. The Labute approximate surface area is 247 Å². The van der Waals surface area contributed by atoms with Crippen molar-refractivity contribution >= 4 is 35.3 Å². The van der Waals surface area contributed by atoms with Crippen LogP contribution in [0.25, 0.3) is 0 Å². The molecule has 0 aromatic heterocycles. The van der Waals surface area contributed by atoms with Gasteiger partial charge in [0, 0.05) is 18.7 Å². The van der Waals surface area contributed by atoms with Crippen molar-refractivity contribution in [1.82, 2.24) is 16.0 Å². The lowest BCUT2D eigenvalue weighted by atomic mass is 9.90. The second-order valence-electron chi connectivity index (χ2n) is 9.41. The number of hydrogen-bond donors (Lipinski definition) is 5. The smallest absolute Gasteiger partial charge is 0.328 e. The number of rotatable bonds is 11. The highest BCUT2D eigenvalue weighted by Crippen LogP contribution is 2.25. The normalized spacial score (nSPS) is 11.4. The van der Waals surface area contributed by atoms with Gasteiger partial charge in [-0.3, -0.25) is 14.4 Å². The maximum absolute atomic E-state index is 13.3. The average molecular weight is 586 g/mol. The van der Waals surface area contributed by atoms with Gasteiger partial charge in [-0.2, -0.15) is 0 Å². The molecule has 42 heavy (non-hydrogen) atoms. The van der Waals surface area contributed by atoms with Crippen LogP contribution in [-0.4, -0.2) is 46.5 Å². The van der Waals surface area contributed by atoms with Crippen molar-refractivity contribution in [2.45, 2.75) is 18.5 Å². The summed E-state index contributed by atoms with van der Waals surface area (Å²) < 4.78 is 0. The van der Waals surface area contributed by atoms with Gasteiger partial charge in [0.1, 0.15) is 11.8 Å². The van der Waals surface area contributed by atoms with Gasteiger partial charge >= 0.3 is 5.97 Å². The molecule has 0 heterocycles. The molecule has 0 aliphatic rings. The molecular weight excluding hydrogens is 558 g/mol. The molecule has 4 aromatic rings. The van der Waals surface area contributed by atoms with Crippen LogP contribution in [0.15, 0.2) is 103 Å². The van der Waals surface area contributed by atoms with E-state index in [-0.39, 0.29) is 35.0 Å². The summed E-state index contributed by atoms with van der Waals surface area (Å²) in [7, 11) is 0. The Morgan fingerprint density at radius 2 is 1.38 bits per heavy atom. The largest absolute Gasteiger partial charge is 0.508 e. The molecule has 3 amide bonds. The lowest BCUT2D eigenvalue weighted by Crippen LogP contribution is -2.49. The van der Waals surface area contributed by atoms with Gasteiger partial charge in [-0.15, -0.1) is 0 Å². The van der Waals surface area contributed by atoms with Gasteiger partial charge in [-0.1, -0.05) is 84.4 Å². The third-order valence-electron chi connectivity index (χ3n) is 6.45. The van der Waals surface area contributed by atoms with Crippen LogP contribution >= 0.6 is 11.6 Å². The van der Waals surface area contributed by atoms with E-state index in [0.29, 0.717) is 5.56 Å². The molecule has 5 N–H and O–H groups in total. The molecule has 0 bridgehead atoms. The Morgan fingerprint density at radius 1 is 0.738 bits per heavy atom. The highest BCUT2D eigenvalue weighted by Gasteiger charge is 2.27. The highest BCUT2D eigenvalue weighted by atomic mass is 35.5. The van der Waals surface area contributed by atoms with Crippen molar-refractivity contribution in [1.29, 1.82) is 0 Å². The van der Waals surface area contributed by atoms with Crippen LogP contribution < -0.4 is 16.0 Å². The second-order valence-corrected chi connectivity index (χ2v) is 9.82. The fourth-order valence-electron chi connectivity index (χ4n) is 4.32. The summed E-state index contributed by atoms with van der Waals surface area (Å²) in [5.74, 6) is -3.61. The van der Waals surface area contributed by atoms with Crippen molar-refractivity contribution in [3.05, 3.63) is 136 Å². The minimum absolute atomic E-state index is 0.0368. The number of aromatic hydroxyl groups is 1. The van der Waals surface area contributed by atoms with Gasteiger partial charge in [-0.05, 0) is 47.0 Å². The van der Waals surface area contributed by atoms with Crippen molar-refractivity contribution < 1.29 is 29.4 Å². The molecule has 4 rings (SSSR count). The quantitative estimate of drug-likeness (QED) is 0.179. The molecule has 10 heteroatoms. The summed E-state index contributed by atoms with van der Waals surface area (Å²) >= 11 is 6.28. The van der Waals surface area contributed by atoms with E-state index in [1.165, 1.54) is 30.3 Å². The number of carbonyl (C=O) groups excluding carboxylic acids is 3. The van der Waals surface area contributed by atoms with Crippen molar-refractivity contribution in [2.24, 2.45) is 0 Å². The molecule has 0 aliphatic carbocycles. The Balaban J connectivity index is 1.40. The molecule has 0 saturated heterocycles. The fraction of sp³-hybridized carbons (Fsp3) is 0.125. The summed E-state index contributed by atoms with van der Waals surface area (Å²) in [5.41, 5.74) is 2.30. The zero-order chi connectivity index (χ0) is 30.1. The van der Waals surface area contributed by atoms with E-state index in [4.69, 9.17) is 11.6 Å². The molecule has 0 fully saturated rings. The number of carbonyl (C=O) groups is 4. The predicted molar refractivity (Wildman–Crippen MR) is 157 cm³/mol. The summed E-state index contributed by atoms with van der Waals surface area (Å²) in [6.45, 7) is -0.211. The van der Waals surface area contributed by atoms with E-state index in [9.17, 15) is 29.4 Å². The molecular formula is C32H28ClN3O6. The van der Waals surface area contributed by atoms with Crippen LogP contribution in [0, 0.1) is 0 Å². The van der Waals surface area contributed by atoms with Gasteiger partial charge in [0.15, 0.2) is 0 Å². The number of halogens is 1. The molecule has 4 aromatic carbocycles. The number of carboxylic acid groups (broad SMARTS) is 1. The van der Waals surface area contributed by atoms with Gasteiger partial charge in [0.25, 0.3) is 11.8 Å². The van der Waals surface area contributed by atoms with E-state index in [0.717, 1.165) is 11.1 Å². The topological polar surface area (TPSA) is 145 Å². The minimum Gasteiger partial charge on any atom is -0.508 e. The Bertz CT molecular complexity index is 1540. The number of benzene rings is 4. The van der Waals surface area contributed by atoms with Crippen molar-refractivity contribution in [2.75, 3.05) is 6.54 Å². The van der Waals surface area contributed by atoms with Crippen molar-refractivity contribution in [3.63, 3.8) is 0 Å². The van der Waals surface area contributed by atoms with Crippen LogP contribution in [0.1, 0.15) is 43.3 Å². The SMILES string of the molecule is O=C(NCc1cccc(O)c1)c1ccc(C(=O)N[C@@H](CNC(=O)C(c2ccccc2)c2ccccc2)C(=O)O)c(Cl)c1. The van der Waals surface area contributed by atoms with Gasteiger partial charge in [-0.25, -0.2) is 4.79 Å². The number of carboxylic acids is 1. The first-order valence-electron chi connectivity index (χ1n) is 13.0. The monoisotopic (exact) mass is 585 g/mol. The first-order valence-corrected chi connectivity index (χ1v) is 13.4. The highest BCUT2D eigenvalue weighted by molar-refractivity contribution is 6.34. The van der Waals surface area contributed by atoms with Crippen molar-refractivity contribution in [3.8, 4) is 5.75 Å². The Kier molecular flexibility index (Phi) is 9.91.